The Hall–Kier alpha value is -3.93. The number of halogens is 3. The highest BCUT2D eigenvalue weighted by Gasteiger charge is 2.32. The first-order valence-corrected chi connectivity index (χ1v) is 12.3. The Kier molecular flexibility index (Phi) is 7.59. The van der Waals surface area contributed by atoms with E-state index in [4.69, 9.17) is 14.2 Å². The summed E-state index contributed by atoms with van der Waals surface area (Å²) in [6.45, 7) is 0.691. The van der Waals surface area contributed by atoms with Crippen molar-refractivity contribution in [2.45, 2.75) is 50.1 Å². The van der Waals surface area contributed by atoms with Gasteiger partial charge in [0.05, 0.1) is 24.5 Å². The molecule has 3 aromatic rings. The van der Waals surface area contributed by atoms with E-state index in [9.17, 15) is 18.0 Å². The van der Waals surface area contributed by atoms with Gasteiger partial charge in [-0.3, -0.25) is 4.98 Å². The van der Waals surface area contributed by atoms with E-state index >= 15 is 0 Å². The topological polar surface area (TPSA) is 107 Å². The third-order valence-corrected chi connectivity index (χ3v) is 6.32. The van der Waals surface area contributed by atoms with Gasteiger partial charge in [0.2, 0.25) is 5.88 Å². The predicted molar refractivity (Wildman–Crippen MR) is 131 cm³/mol. The normalized spacial score (nSPS) is 19.8. The summed E-state index contributed by atoms with van der Waals surface area (Å²) >= 11 is 0. The molecule has 12 heteroatoms. The molecule has 2 aromatic heterocycles. The van der Waals surface area contributed by atoms with Crippen LogP contribution in [0.25, 0.3) is 11.4 Å². The van der Waals surface area contributed by atoms with Gasteiger partial charge in [-0.2, -0.15) is 18.2 Å². The summed E-state index contributed by atoms with van der Waals surface area (Å²) in [7, 11) is 0. The van der Waals surface area contributed by atoms with Gasteiger partial charge in [-0.15, -0.1) is 0 Å². The summed E-state index contributed by atoms with van der Waals surface area (Å²) in [6.07, 6.45) is 2.73. The van der Waals surface area contributed by atoms with Crippen molar-refractivity contribution >= 4 is 11.7 Å². The molecule has 9 nitrogen and oxygen atoms in total. The Labute approximate surface area is 216 Å². The van der Waals surface area contributed by atoms with Crippen LogP contribution in [0.5, 0.6) is 11.6 Å². The standard InChI is InChI=1S/C26H26F3N5O4/c27-26(28,29)17-1-6-22(37-20-14-36-15-20)21(13-17)33-25(35)32-18-2-4-19(5-3-18)38-23-9-12-31-24(34-23)16-7-10-30-11-8-16/h1,6-13,18-20H,2-5,14-15H2,(H2,32,33,35)/t18-,19+. The maximum absolute atomic E-state index is 13.2. The molecule has 0 bridgehead atoms. The van der Waals surface area contributed by atoms with Crippen molar-refractivity contribution in [2.75, 3.05) is 18.5 Å². The molecule has 38 heavy (non-hydrogen) atoms. The van der Waals surface area contributed by atoms with E-state index in [0.717, 1.165) is 17.7 Å². The van der Waals surface area contributed by atoms with Gasteiger partial charge in [0.15, 0.2) is 5.82 Å². The second kappa shape index (κ2) is 11.2. The fourth-order valence-electron chi connectivity index (χ4n) is 4.26. The average molecular weight is 530 g/mol. The van der Waals surface area contributed by atoms with E-state index in [1.54, 1.807) is 24.7 Å². The van der Waals surface area contributed by atoms with Crippen LogP contribution in [0.1, 0.15) is 31.2 Å². The van der Waals surface area contributed by atoms with Crippen LogP contribution < -0.4 is 20.1 Å². The molecule has 2 amide bonds. The Morgan fingerprint density at radius 1 is 0.947 bits per heavy atom. The van der Waals surface area contributed by atoms with E-state index < -0.39 is 17.8 Å². The second-order valence-corrected chi connectivity index (χ2v) is 9.13. The lowest BCUT2D eigenvalue weighted by Gasteiger charge is -2.30. The van der Waals surface area contributed by atoms with Crippen molar-refractivity contribution < 1.29 is 32.2 Å². The fraction of sp³-hybridized carbons (Fsp3) is 0.385. The second-order valence-electron chi connectivity index (χ2n) is 9.13. The number of amides is 2. The summed E-state index contributed by atoms with van der Waals surface area (Å²) < 4.78 is 56.5. The summed E-state index contributed by atoms with van der Waals surface area (Å²) in [5, 5.41) is 5.38. The Bertz CT molecular complexity index is 1250. The minimum atomic E-state index is -4.55. The van der Waals surface area contributed by atoms with E-state index in [2.05, 4.69) is 25.6 Å². The molecule has 0 radical (unpaired) electrons. The summed E-state index contributed by atoms with van der Waals surface area (Å²) in [6, 6.07) is 7.61. The lowest BCUT2D eigenvalue weighted by Crippen LogP contribution is -2.42. The van der Waals surface area contributed by atoms with E-state index in [-0.39, 0.29) is 29.7 Å². The van der Waals surface area contributed by atoms with E-state index in [1.807, 2.05) is 12.1 Å². The molecule has 2 fully saturated rings. The molecule has 2 N–H and O–H groups in total. The number of benzene rings is 1. The quantitative estimate of drug-likeness (QED) is 0.451. The van der Waals surface area contributed by atoms with Crippen LogP contribution >= 0.6 is 0 Å². The Morgan fingerprint density at radius 3 is 2.39 bits per heavy atom. The van der Waals surface area contributed by atoms with Crippen LogP contribution in [-0.2, 0) is 10.9 Å². The molecule has 1 aliphatic carbocycles. The van der Waals surface area contributed by atoms with Gasteiger partial charge >= 0.3 is 12.2 Å². The van der Waals surface area contributed by atoms with Crippen molar-refractivity contribution in [2.24, 2.45) is 0 Å². The molecule has 5 rings (SSSR count). The number of carbonyl (C=O) groups is 1. The van der Waals surface area contributed by atoms with Gasteiger partial charge < -0.3 is 24.8 Å². The highest BCUT2D eigenvalue weighted by Crippen LogP contribution is 2.36. The van der Waals surface area contributed by atoms with Crippen molar-refractivity contribution in [1.29, 1.82) is 0 Å². The Morgan fingerprint density at radius 2 is 1.71 bits per heavy atom. The molecule has 0 atom stereocenters. The first-order chi connectivity index (χ1) is 18.3. The van der Waals surface area contributed by atoms with Crippen LogP contribution in [0.4, 0.5) is 23.7 Å². The van der Waals surface area contributed by atoms with Crippen molar-refractivity contribution in [3.63, 3.8) is 0 Å². The highest BCUT2D eigenvalue weighted by molar-refractivity contribution is 5.91. The van der Waals surface area contributed by atoms with Crippen LogP contribution in [0, 0.1) is 0 Å². The molecular weight excluding hydrogens is 503 g/mol. The van der Waals surface area contributed by atoms with Crippen molar-refractivity contribution in [1.82, 2.24) is 20.3 Å². The first kappa shape index (κ1) is 25.7. The molecule has 1 aromatic carbocycles. The molecule has 200 valence electrons. The van der Waals surface area contributed by atoms with Gasteiger partial charge in [-0.1, -0.05) is 0 Å². The van der Waals surface area contributed by atoms with Gasteiger partial charge in [0.1, 0.15) is 18.0 Å². The van der Waals surface area contributed by atoms with Gasteiger partial charge in [-0.25, -0.2) is 9.78 Å². The molecule has 1 saturated carbocycles. The number of carbonyl (C=O) groups excluding carboxylic acids is 1. The number of nitrogens with one attached hydrogen (secondary N) is 2. The average Bonchev–Trinajstić information content (AvgIpc) is 2.88. The number of urea groups is 1. The first-order valence-electron chi connectivity index (χ1n) is 12.3. The SMILES string of the molecule is O=C(Nc1cc(C(F)(F)F)ccc1OC1COC1)N[C@H]1CC[C@@H](Oc2ccnc(-c3ccncc3)n2)CC1. The predicted octanol–water partition coefficient (Wildman–Crippen LogP) is 4.85. The monoisotopic (exact) mass is 529 g/mol. The number of hydrogen-bond donors (Lipinski definition) is 2. The molecule has 2 aliphatic rings. The number of nitrogens with zero attached hydrogens (tertiary/aromatic N) is 3. The van der Waals surface area contributed by atoms with Crippen LogP contribution in [0.3, 0.4) is 0 Å². The van der Waals surface area contributed by atoms with Crippen molar-refractivity contribution in [3.05, 3.63) is 60.6 Å². The van der Waals surface area contributed by atoms with Crippen LogP contribution in [-0.4, -0.2) is 52.4 Å². The van der Waals surface area contributed by atoms with Crippen LogP contribution in [0.15, 0.2) is 55.0 Å². The molecule has 1 saturated heterocycles. The largest absolute Gasteiger partial charge is 0.483 e. The summed E-state index contributed by atoms with van der Waals surface area (Å²) in [4.78, 5) is 25.4. The Balaban J connectivity index is 1.15. The number of rotatable bonds is 7. The molecule has 1 aliphatic heterocycles. The number of alkyl halides is 3. The third-order valence-electron chi connectivity index (χ3n) is 6.32. The smallest absolute Gasteiger partial charge is 0.416 e. The number of anilines is 1. The van der Waals surface area contributed by atoms with E-state index in [1.165, 1.54) is 6.07 Å². The van der Waals surface area contributed by atoms with Crippen LogP contribution in [0.2, 0.25) is 0 Å². The molecule has 3 heterocycles. The lowest BCUT2D eigenvalue weighted by molar-refractivity contribution is -0.137. The van der Waals surface area contributed by atoms with Crippen molar-refractivity contribution in [3.8, 4) is 23.0 Å². The summed E-state index contributed by atoms with van der Waals surface area (Å²) in [5.41, 5.74) is -0.0887. The lowest BCUT2D eigenvalue weighted by atomic mass is 9.93. The number of ether oxygens (including phenoxy) is 3. The third kappa shape index (κ3) is 6.49. The minimum absolute atomic E-state index is 0.0463. The van der Waals surface area contributed by atoms with Gasteiger partial charge in [0.25, 0.3) is 0 Å². The maximum Gasteiger partial charge on any atom is 0.416 e. The fourth-order valence-corrected chi connectivity index (χ4v) is 4.26. The highest BCUT2D eigenvalue weighted by atomic mass is 19.4. The zero-order valence-electron chi connectivity index (χ0n) is 20.3. The maximum atomic E-state index is 13.2. The summed E-state index contributed by atoms with van der Waals surface area (Å²) in [5.74, 6) is 1.17. The number of hydrogen-bond acceptors (Lipinski definition) is 7. The number of pyridine rings is 1. The van der Waals surface area contributed by atoms with Gasteiger partial charge in [0, 0.05) is 36.3 Å². The zero-order chi connectivity index (χ0) is 26.5. The molecular formula is C26H26F3N5O4. The number of aromatic nitrogens is 3. The van der Waals surface area contributed by atoms with E-state index in [0.29, 0.717) is 50.6 Å². The molecule has 0 spiro atoms. The minimum Gasteiger partial charge on any atom is -0.483 e. The van der Waals surface area contributed by atoms with Gasteiger partial charge in [-0.05, 0) is 56.0 Å². The zero-order valence-corrected chi connectivity index (χ0v) is 20.3. The molecule has 0 unspecified atom stereocenters.